The van der Waals surface area contributed by atoms with Gasteiger partial charge in [-0.25, -0.2) is 12.8 Å². The van der Waals surface area contributed by atoms with Crippen molar-refractivity contribution in [2.45, 2.75) is 43.5 Å². The van der Waals surface area contributed by atoms with Crippen molar-refractivity contribution < 1.29 is 17.6 Å². The van der Waals surface area contributed by atoms with Crippen molar-refractivity contribution in [3.05, 3.63) is 65.5 Å². The maximum Gasteiger partial charge on any atom is 0.243 e. The lowest BCUT2D eigenvalue weighted by Crippen LogP contribution is -2.46. The van der Waals surface area contributed by atoms with Crippen molar-refractivity contribution in [2.24, 2.45) is 0 Å². The quantitative estimate of drug-likeness (QED) is 0.805. The molecule has 0 aliphatic carbocycles. The molecule has 1 aliphatic heterocycles. The number of nitrogens with one attached hydrogen (secondary N) is 1. The number of aryl methyl sites for hydroxylation is 1. The fourth-order valence-corrected chi connectivity index (χ4v) is 4.82. The van der Waals surface area contributed by atoms with E-state index in [1.807, 2.05) is 19.1 Å². The lowest BCUT2D eigenvalue weighted by atomic mass is 10.1. The number of piperidine rings is 1. The normalized spacial score (nSPS) is 16.1. The molecule has 1 saturated heterocycles. The molecule has 0 bridgehead atoms. The minimum Gasteiger partial charge on any atom is -0.353 e. The molecule has 1 fully saturated rings. The smallest absolute Gasteiger partial charge is 0.243 e. The van der Waals surface area contributed by atoms with E-state index in [0.29, 0.717) is 30.8 Å². The van der Waals surface area contributed by atoms with Crippen LogP contribution in [0.4, 0.5) is 4.39 Å². The monoisotopic (exact) mass is 404 g/mol. The average molecular weight is 405 g/mol. The van der Waals surface area contributed by atoms with Gasteiger partial charge in [0.15, 0.2) is 0 Å². The number of carbonyl (C=O) groups excluding carboxylic acids is 1. The molecule has 2 aromatic rings. The van der Waals surface area contributed by atoms with Crippen LogP contribution in [0.5, 0.6) is 0 Å². The first-order valence-corrected chi connectivity index (χ1v) is 11.0. The number of carbonyl (C=O) groups is 1. The zero-order chi connectivity index (χ0) is 20.1. The summed E-state index contributed by atoms with van der Waals surface area (Å²) in [7, 11) is -3.51. The highest BCUT2D eigenvalue weighted by Crippen LogP contribution is 2.21. The van der Waals surface area contributed by atoms with Crippen molar-refractivity contribution in [1.29, 1.82) is 0 Å². The molecule has 0 atom stereocenters. The summed E-state index contributed by atoms with van der Waals surface area (Å²) in [5.41, 5.74) is 1.84. The van der Waals surface area contributed by atoms with Crippen molar-refractivity contribution >= 4 is 15.9 Å². The highest BCUT2D eigenvalue weighted by molar-refractivity contribution is 7.89. The third kappa shape index (κ3) is 4.97. The lowest BCUT2D eigenvalue weighted by Gasteiger charge is -2.31. The third-order valence-electron chi connectivity index (χ3n) is 5.07. The number of hydrogen-bond donors (Lipinski definition) is 1. The standard InChI is InChI=1S/C21H25FN2O3S/c1-2-16-5-9-20(10-6-16)28(26,27)24-13-11-19(12-14-24)23-21(25)15-17-3-7-18(22)8-4-17/h3-10,19H,2,11-15H2,1H3,(H,23,25). The highest BCUT2D eigenvalue weighted by Gasteiger charge is 2.29. The van der Waals surface area contributed by atoms with Gasteiger partial charge in [-0.3, -0.25) is 4.79 Å². The Balaban J connectivity index is 1.53. The Kier molecular flexibility index (Phi) is 6.46. The maximum atomic E-state index is 12.9. The molecule has 1 aliphatic rings. The molecule has 0 aromatic heterocycles. The second-order valence-corrected chi connectivity index (χ2v) is 8.98. The Labute approximate surface area is 165 Å². The van der Waals surface area contributed by atoms with E-state index < -0.39 is 10.0 Å². The number of sulfonamides is 1. The van der Waals surface area contributed by atoms with Gasteiger partial charge in [0.1, 0.15) is 5.82 Å². The SMILES string of the molecule is CCc1ccc(S(=O)(=O)N2CCC(NC(=O)Cc3ccc(F)cc3)CC2)cc1. The topological polar surface area (TPSA) is 66.5 Å². The number of nitrogens with zero attached hydrogens (tertiary/aromatic N) is 1. The molecule has 7 heteroatoms. The van der Waals surface area contributed by atoms with Gasteiger partial charge in [0.2, 0.25) is 15.9 Å². The van der Waals surface area contributed by atoms with Crippen molar-refractivity contribution in [1.82, 2.24) is 9.62 Å². The summed E-state index contributed by atoms with van der Waals surface area (Å²) < 4.78 is 40.0. The Morgan fingerprint density at radius 2 is 1.61 bits per heavy atom. The van der Waals surface area contributed by atoms with E-state index in [4.69, 9.17) is 0 Å². The van der Waals surface area contributed by atoms with Crippen LogP contribution < -0.4 is 5.32 Å². The van der Waals surface area contributed by atoms with Gasteiger partial charge in [0.25, 0.3) is 0 Å². The first-order chi connectivity index (χ1) is 13.4. The van der Waals surface area contributed by atoms with E-state index in [9.17, 15) is 17.6 Å². The molecule has 1 N–H and O–H groups in total. The van der Waals surface area contributed by atoms with Crippen LogP contribution in [0, 0.1) is 5.82 Å². The van der Waals surface area contributed by atoms with Gasteiger partial charge >= 0.3 is 0 Å². The van der Waals surface area contributed by atoms with Crippen LogP contribution in [0.1, 0.15) is 30.9 Å². The van der Waals surface area contributed by atoms with E-state index in [-0.39, 0.29) is 24.2 Å². The molecule has 0 radical (unpaired) electrons. The van der Waals surface area contributed by atoms with Crippen LogP contribution in [0.2, 0.25) is 0 Å². The summed E-state index contributed by atoms with van der Waals surface area (Å²) in [6.45, 7) is 2.78. The Bertz CT molecular complexity index is 904. The van der Waals surface area contributed by atoms with Crippen LogP contribution in [-0.2, 0) is 27.7 Å². The summed E-state index contributed by atoms with van der Waals surface area (Å²) in [5.74, 6) is -0.467. The van der Waals surface area contributed by atoms with Gasteiger partial charge in [-0.15, -0.1) is 0 Å². The minimum atomic E-state index is -3.51. The van der Waals surface area contributed by atoms with Gasteiger partial charge in [-0.2, -0.15) is 4.31 Å². The first-order valence-electron chi connectivity index (χ1n) is 9.51. The van der Waals surface area contributed by atoms with Crippen molar-refractivity contribution in [3.8, 4) is 0 Å². The Morgan fingerprint density at radius 1 is 1.04 bits per heavy atom. The fraction of sp³-hybridized carbons (Fsp3) is 0.381. The number of benzene rings is 2. The number of halogens is 1. The van der Waals surface area contributed by atoms with Gasteiger partial charge in [-0.1, -0.05) is 31.2 Å². The second kappa shape index (κ2) is 8.84. The fourth-order valence-electron chi connectivity index (χ4n) is 3.35. The highest BCUT2D eigenvalue weighted by atomic mass is 32.2. The Hall–Kier alpha value is -2.25. The van der Waals surface area contributed by atoms with Crippen LogP contribution >= 0.6 is 0 Å². The van der Waals surface area contributed by atoms with E-state index in [0.717, 1.165) is 17.5 Å². The zero-order valence-electron chi connectivity index (χ0n) is 15.9. The largest absolute Gasteiger partial charge is 0.353 e. The molecule has 1 heterocycles. The minimum absolute atomic E-state index is 0.0538. The number of rotatable bonds is 6. The Morgan fingerprint density at radius 3 is 2.18 bits per heavy atom. The molecular formula is C21H25FN2O3S. The molecule has 1 amide bonds. The summed E-state index contributed by atoms with van der Waals surface area (Å²) >= 11 is 0. The second-order valence-electron chi connectivity index (χ2n) is 7.05. The van der Waals surface area contributed by atoms with Gasteiger partial charge in [-0.05, 0) is 54.7 Å². The molecular weight excluding hydrogens is 379 g/mol. The van der Waals surface area contributed by atoms with E-state index >= 15 is 0 Å². The van der Waals surface area contributed by atoms with Crippen LogP contribution in [-0.4, -0.2) is 37.8 Å². The van der Waals surface area contributed by atoms with Crippen LogP contribution in [0.3, 0.4) is 0 Å². The average Bonchev–Trinajstić information content (AvgIpc) is 2.70. The van der Waals surface area contributed by atoms with Crippen LogP contribution in [0.15, 0.2) is 53.4 Å². The zero-order valence-corrected chi connectivity index (χ0v) is 16.7. The molecule has 0 saturated carbocycles. The molecule has 150 valence electrons. The number of hydrogen-bond acceptors (Lipinski definition) is 3. The van der Waals surface area contributed by atoms with Crippen molar-refractivity contribution in [2.75, 3.05) is 13.1 Å². The molecule has 0 unspecified atom stereocenters. The molecule has 3 rings (SSSR count). The van der Waals surface area contributed by atoms with Gasteiger partial charge in [0.05, 0.1) is 11.3 Å². The summed E-state index contributed by atoms with van der Waals surface area (Å²) in [6.07, 6.45) is 2.19. The van der Waals surface area contributed by atoms with Crippen LogP contribution in [0.25, 0.3) is 0 Å². The van der Waals surface area contributed by atoms with Gasteiger partial charge < -0.3 is 5.32 Å². The molecule has 28 heavy (non-hydrogen) atoms. The third-order valence-corrected chi connectivity index (χ3v) is 6.98. The predicted octanol–water partition coefficient (Wildman–Crippen LogP) is 2.90. The first kappa shape index (κ1) is 20.5. The van der Waals surface area contributed by atoms with Crippen molar-refractivity contribution in [3.63, 3.8) is 0 Å². The van der Waals surface area contributed by atoms with E-state index in [1.165, 1.54) is 16.4 Å². The summed E-state index contributed by atoms with van der Waals surface area (Å²) in [4.78, 5) is 12.5. The molecule has 2 aromatic carbocycles. The maximum absolute atomic E-state index is 12.9. The summed E-state index contributed by atoms with van der Waals surface area (Å²) in [5, 5.41) is 2.95. The summed E-state index contributed by atoms with van der Waals surface area (Å²) in [6, 6.07) is 12.8. The molecule has 0 spiro atoms. The van der Waals surface area contributed by atoms with Gasteiger partial charge in [0, 0.05) is 19.1 Å². The predicted molar refractivity (Wildman–Crippen MR) is 106 cm³/mol. The lowest BCUT2D eigenvalue weighted by molar-refractivity contribution is -0.121. The molecule has 5 nitrogen and oxygen atoms in total. The van der Waals surface area contributed by atoms with E-state index in [2.05, 4.69) is 5.32 Å². The number of amides is 1. The van der Waals surface area contributed by atoms with E-state index in [1.54, 1.807) is 24.3 Å².